The number of aryl methyl sites for hydroxylation is 1. The summed E-state index contributed by atoms with van der Waals surface area (Å²) < 4.78 is 6.66. The van der Waals surface area contributed by atoms with Crippen LogP contribution in [0.3, 0.4) is 0 Å². The molecule has 0 saturated heterocycles. The molecule has 2 aromatic rings. The van der Waals surface area contributed by atoms with E-state index in [2.05, 4.69) is 87.3 Å². The highest BCUT2D eigenvalue weighted by Crippen LogP contribution is 2.54. The van der Waals surface area contributed by atoms with Gasteiger partial charge in [-0.25, -0.2) is 0 Å². The van der Waals surface area contributed by atoms with Crippen molar-refractivity contribution in [2.45, 2.75) is 52.7 Å². The van der Waals surface area contributed by atoms with Gasteiger partial charge >= 0.3 is 0 Å². The quantitative estimate of drug-likeness (QED) is 0.556. The van der Waals surface area contributed by atoms with Crippen molar-refractivity contribution in [1.29, 1.82) is 0 Å². The van der Waals surface area contributed by atoms with E-state index in [0.29, 0.717) is 0 Å². The second-order valence-corrected chi connectivity index (χ2v) is 7.06. The van der Waals surface area contributed by atoms with E-state index in [9.17, 15) is 0 Å². The van der Waals surface area contributed by atoms with Crippen LogP contribution >= 0.6 is 0 Å². The molecule has 2 aliphatic rings. The molecule has 27 heavy (non-hydrogen) atoms. The molecular weight excluding hydrogens is 334 g/mol. The minimum absolute atomic E-state index is 0.130. The summed E-state index contributed by atoms with van der Waals surface area (Å²) in [7, 11) is 2.13. The van der Waals surface area contributed by atoms with E-state index < -0.39 is 5.72 Å². The Kier molecular flexibility index (Phi) is 6.15. The van der Waals surface area contributed by atoms with E-state index in [1.54, 1.807) is 0 Å². The number of nitrogens with zero attached hydrogens (tertiary/aromatic N) is 1. The Labute approximate surface area is 163 Å². The standard InChI is InChI=1S/C20H21NO.C2H4O.C2H6/c1-14-8-7-9-15-12-13-20(22-18(14)15)19(2,3)16-10-5-6-11-17(16)21(20)4;1-2-3;1-2/h5-13H,1-4H3;2H,1H3;1-2H3. The van der Waals surface area contributed by atoms with E-state index in [-0.39, 0.29) is 5.41 Å². The Morgan fingerprint density at radius 3 is 2.30 bits per heavy atom. The van der Waals surface area contributed by atoms with E-state index >= 15 is 0 Å². The molecule has 4 rings (SSSR count). The average molecular weight is 366 g/mol. The maximum atomic E-state index is 8.81. The number of para-hydroxylation sites is 2. The zero-order chi connectivity index (χ0) is 20.2. The van der Waals surface area contributed by atoms with E-state index in [1.807, 2.05) is 13.8 Å². The number of hydrogen-bond acceptors (Lipinski definition) is 3. The van der Waals surface area contributed by atoms with Crippen LogP contribution in [-0.2, 0) is 10.2 Å². The Hall–Kier alpha value is -2.55. The Balaban J connectivity index is 0.000000478. The predicted octanol–water partition coefficient (Wildman–Crippen LogP) is 5.76. The number of fused-ring (bicyclic) bond motifs is 2. The monoisotopic (exact) mass is 365 g/mol. The fourth-order valence-electron chi connectivity index (χ4n) is 3.94. The first-order chi connectivity index (χ1) is 12.9. The van der Waals surface area contributed by atoms with Crippen molar-refractivity contribution in [3.8, 4) is 5.75 Å². The largest absolute Gasteiger partial charge is 0.463 e. The smallest absolute Gasteiger partial charge is 0.211 e. The van der Waals surface area contributed by atoms with Crippen LogP contribution in [0.5, 0.6) is 5.75 Å². The second-order valence-electron chi connectivity index (χ2n) is 7.06. The number of carbonyl (C=O) groups is 1. The molecule has 2 aromatic carbocycles. The summed E-state index contributed by atoms with van der Waals surface area (Å²) in [5.41, 5.74) is 4.31. The van der Waals surface area contributed by atoms with E-state index in [4.69, 9.17) is 9.53 Å². The Morgan fingerprint density at radius 1 is 1.04 bits per heavy atom. The van der Waals surface area contributed by atoms with E-state index in [0.717, 1.165) is 17.6 Å². The highest BCUT2D eigenvalue weighted by Gasteiger charge is 2.57. The zero-order valence-electron chi connectivity index (χ0n) is 17.5. The minimum Gasteiger partial charge on any atom is -0.463 e. The number of rotatable bonds is 0. The summed E-state index contributed by atoms with van der Waals surface area (Å²) in [6.07, 6.45) is 5.17. The topological polar surface area (TPSA) is 29.5 Å². The van der Waals surface area contributed by atoms with Crippen LogP contribution in [0.4, 0.5) is 5.69 Å². The number of anilines is 1. The molecule has 0 saturated carbocycles. The summed E-state index contributed by atoms with van der Waals surface area (Å²) >= 11 is 0. The van der Waals surface area contributed by atoms with Crippen LogP contribution in [0.1, 0.15) is 51.3 Å². The molecule has 0 N–H and O–H groups in total. The van der Waals surface area contributed by atoms with Crippen LogP contribution in [0.25, 0.3) is 6.08 Å². The third-order valence-corrected chi connectivity index (χ3v) is 5.32. The number of aldehydes is 1. The van der Waals surface area contributed by atoms with Crippen molar-refractivity contribution in [1.82, 2.24) is 0 Å². The van der Waals surface area contributed by atoms with Crippen LogP contribution in [0, 0.1) is 6.92 Å². The average Bonchev–Trinajstić information content (AvgIpc) is 2.84. The first-order valence-electron chi connectivity index (χ1n) is 9.60. The number of carbonyl (C=O) groups excluding carboxylic acids is 1. The van der Waals surface area contributed by atoms with Gasteiger partial charge in [-0.1, -0.05) is 50.2 Å². The molecule has 144 valence electrons. The normalized spacial score (nSPS) is 20.3. The van der Waals surface area contributed by atoms with Gasteiger partial charge in [0.2, 0.25) is 5.72 Å². The maximum absolute atomic E-state index is 8.81. The summed E-state index contributed by atoms with van der Waals surface area (Å²) in [4.78, 5) is 11.1. The third-order valence-electron chi connectivity index (χ3n) is 5.32. The van der Waals surface area contributed by atoms with Gasteiger partial charge in [0.05, 0.1) is 5.41 Å². The lowest BCUT2D eigenvalue weighted by Crippen LogP contribution is -2.58. The molecule has 0 fully saturated rings. The van der Waals surface area contributed by atoms with Crippen LogP contribution in [0.15, 0.2) is 48.5 Å². The minimum atomic E-state index is -0.476. The molecule has 0 radical (unpaired) electrons. The van der Waals surface area contributed by atoms with Gasteiger partial charge in [-0.2, -0.15) is 0 Å². The summed E-state index contributed by atoms with van der Waals surface area (Å²) in [6.45, 7) is 12.1. The molecule has 2 aliphatic heterocycles. The van der Waals surface area contributed by atoms with Gasteiger partial charge in [-0.15, -0.1) is 0 Å². The molecule has 1 atom stereocenters. The SMILES string of the molecule is CC.CC=O.Cc1cccc2c1OC1(C=C2)N(C)c2ccccc2C1(C)C. The van der Waals surface area contributed by atoms with Crippen LogP contribution in [-0.4, -0.2) is 19.1 Å². The predicted molar refractivity (Wildman–Crippen MR) is 115 cm³/mol. The molecule has 3 heteroatoms. The maximum Gasteiger partial charge on any atom is 0.211 e. The van der Waals surface area contributed by atoms with Crippen molar-refractivity contribution in [3.05, 3.63) is 65.2 Å². The lowest BCUT2D eigenvalue weighted by molar-refractivity contribution is -0.106. The van der Waals surface area contributed by atoms with Crippen molar-refractivity contribution in [2.24, 2.45) is 0 Å². The zero-order valence-corrected chi connectivity index (χ0v) is 17.5. The molecule has 0 amide bonds. The lowest BCUT2D eigenvalue weighted by Gasteiger charge is -2.46. The number of benzene rings is 2. The van der Waals surface area contributed by atoms with Gasteiger partial charge in [-0.3, -0.25) is 0 Å². The van der Waals surface area contributed by atoms with Gasteiger partial charge in [0.25, 0.3) is 0 Å². The summed E-state index contributed by atoms with van der Waals surface area (Å²) in [6, 6.07) is 14.9. The van der Waals surface area contributed by atoms with Gasteiger partial charge in [0.1, 0.15) is 12.0 Å². The molecule has 1 unspecified atom stereocenters. The van der Waals surface area contributed by atoms with Crippen molar-refractivity contribution >= 4 is 18.0 Å². The second kappa shape index (κ2) is 7.99. The van der Waals surface area contributed by atoms with Crippen molar-refractivity contribution in [2.75, 3.05) is 11.9 Å². The number of hydrogen-bond donors (Lipinski definition) is 0. The number of ether oxygens (including phenoxy) is 1. The molecule has 0 bridgehead atoms. The van der Waals surface area contributed by atoms with Crippen molar-refractivity contribution < 1.29 is 9.53 Å². The first-order valence-corrected chi connectivity index (χ1v) is 9.60. The molecule has 0 aromatic heterocycles. The molecule has 0 aliphatic carbocycles. The summed E-state index contributed by atoms with van der Waals surface area (Å²) in [5, 5.41) is 0. The van der Waals surface area contributed by atoms with Gasteiger partial charge in [0.15, 0.2) is 0 Å². The summed E-state index contributed by atoms with van der Waals surface area (Å²) in [5.74, 6) is 0.998. The van der Waals surface area contributed by atoms with Crippen LogP contribution in [0.2, 0.25) is 0 Å². The molecular formula is C24H31NO2. The van der Waals surface area contributed by atoms with E-state index in [1.165, 1.54) is 23.7 Å². The molecule has 1 spiro atoms. The first kappa shape index (κ1) is 20.8. The number of likely N-dealkylation sites (N-methyl/N-ethyl adjacent to an activating group) is 1. The third kappa shape index (κ3) is 3.16. The highest BCUT2D eigenvalue weighted by molar-refractivity contribution is 5.72. The Bertz CT molecular complexity index is 838. The Morgan fingerprint density at radius 2 is 1.67 bits per heavy atom. The van der Waals surface area contributed by atoms with Crippen LogP contribution < -0.4 is 9.64 Å². The lowest BCUT2D eigenvalue weighted by atomic mass is 9.76. The fourth-order valence-corrected chi connectivity index (χ4v) is 3.94. The fraction of sp³-hybridized carbons (Fsp3) is 0.375. The highest BCUT2D eigenvalue weighted by atomic mass is 16.5. The van der Waals surface area contributed by atoms with Gasteiger partial charge < -0.3 is 14.4 Å². The van der Waals surface area contributed by atoms with Gasteiger partial charge in [0, 0.05) is 18.3 Å². The molecule has 2 heterocycles. The van der Waals surface area contributed by atoms with Gasteiger partial charge in [-0.05, 0) is 57.0 Å². The molecule has 3 nitrogen and oxygen atoms in total. The van der Waals surface area contributed by atoms with Crippen molar-refractivity contribution in [3.63, 3.8) is 0 Å².